The van der Waals surface area contributed by atoms with Crippen LogP contribution in [0, 0.1) is 6.92 Å². The first-order chi connectivity index (χ1) is 13.2. The van der Waals surface area contributed by atoms with Gasteiger partial charge >= 0.3 is 6.03 Å². The summed E-state index contributed by atoms with van der Waals surface area (Å²) in [5.41, 5.74) is 6.56. The number of nitrogens with zero attached hydrogens (tertiary/aromatic N) is 1. The van der Waals surface area contributed by atoms with Crippen LogP contribution in [0.15, 0.2) is 53.1 Å². The predicted molar refractivity (Wildman–Crippen MR) is 106 cm³/mol. The summed E-state index contributed by atoms with van der Waals surface area (Å²) >= 11 is 0. The zero-order chi connectivity index (χ0) is 18.6. The number of aromatic nitrogens is 1. The van der Waals surface area contributed by atoms with Crippen LogP contribution in [0.4, 0.5) is 10.5 Å². The lowest BCUT2D eigenvalue weighted by Gasteiger charge is -2.08. The van der Waals surface area contributed by atoms with Crippen molar-refractivity contribution in [3.05, 3.63) is 71.1 Å². The van der Waals surface area contributed by atoms with Gasteiger partial charge in [-0.15, -0.1) is 0 Å². The van der Waals surface area contributed by atoms with Crippen molar-refractivity contribution >= 4 is 11.7 Å². The molecule has 0 atom stereocenters. The molecule has 2 aromatic carbocycles. The minimum Gasteiger partial charge on any atom is -0.444 e. The van der Waals surface area contributed by atoms with Gasteiger partial charge in [-0.1, -0.05) is 23.8 Å². The molecule has 0 saturated carbocycles. The van der Waals surface area contributed by atoms with Crippen LogP contribution in [0.1, 0.15) is 28.8 Å². The van der Waals surface area contributed by atoms with Crippen molar-refractivity contribution in [2.24, 2.45) is 0 Å². The van der Waals surface area contributed by atoms with Crippen molar-refractivity contribution in [3.8, 4) is 11.5 Å². The van der Waals surface area contributed by atoms with Crippen LogP contribution in [-0.4, -0.2) is 17.6 Å². The number of fused-ring (bicyclic) bond motifs is 1. The average molecular weight is 361 g/mol. The van der Waals surface area contributed by atoms with E-state index in [9.17, 15) is 4.79 Å². The van der Waals surface area contributed by atoms with E-state index in [-0.39, 0.29) is 6.03 Å². The number of benzene rings is 2. The third kappa shape index (κ3) is 4.19. The quantitative estimate of drug-likeness (QED) is 0.703. The van der Waals surface area contributed by atoms with Crippen LogP contribution in [0.25, 0.3) is 11.5 Å². The Morgan fingerprint density at radius 2 is 1.93 bits per heavy atom. The number of hydrogen-bond donors (Lipinski definition) is 2. The Balaban J connectivity index is 1.27. The van der Waals surface area contributed by atoms with Crippen LogP contribution in [0.2, 0.25) is 0 Å². The summed E-state index contributed by atoms with van der Waals surface area (Å²) in [6.07, 6.45) is 5.71. The lowest BCUT2D eigenvalue weighted by Crippen LogP contribution is -2.30. The van der Waals surface area contributed by atoms with Crippen molar-refractivity contribution < 1.29 is 9.21 Å². The number of oxazole rings is 1. The molecule has 0 saturated heterocycles. The van der Waals surface area contributed by atoms with E-state index in [4.69, 9.17) is 4.42 Å². The molecule has 27 heavy (non-hydrogen) atoms. The molecular weight excluding hydrogens is 338 g/mol. The molecule has 0 radical (unpaired) electrons. The molecule has 138 valence electrons. The number of urea groups is 1. The fourth-order valence-corrected chi connectivity index (χ4v) is 3.38. The summed E-state index contributed by atoms with van der Waals surface area (Å²) < 4.78 is 5.55. The molecule has 4 rings (SSSR count). The van der Waals surface area contributed by atoms with Gasteiger partial charge in [-0.3, -0.25) is 0 Å². The highest BCUT2D eigenvalue weighted by Gasteiger charge is 2.12. The highest BCUT2D eigenvalue weighted by molar-refractivity contribution is 5.89. The second-order valence-corrected chi connectivity index (χ2v) is 6.98. The summed E-state index contributed by atoms with van der Waals surface area (Å²) in [5.74, 6) is 0.604. The van der Waals surface area contributed by atoms with Crippen LogP contribution in [0.3, 0.4) is 0 Å². The van der Waals surface area contributed by atoms with E-state index in [1.54, 1.807) is 6.26 Å². The number of carbonyl (C=O) groups excluding carboxylic acids is 1. The Bertz CT molecular complexity index is 944. The van der Waals surface area contributed by atoms with E-state index in [0.29, 0.717) is 18.9 Å². The molecule has 1 aliphatic carbocycles. The van der Waals surface area contributed by atoms with Gasteiger partial charge < -0.3 is 15.1 Å². The molecule has 5 nitrogen and oxygen atoms in total. The lowest BCUT2D eigenvalue weighted by molar-refractivity contribution is 0.252. The third-order valence-corrected chi connectivity index (χ3v) is 4.87. The van der Waals surface area contributed by atoms with Gasteiger partial charge in [-0.25, -0.2) is 9.78 Å². The van der Waals surface area contributed by atoms with Crippen LogP contribution < -0.4 is 10.6 Å². The molecule has 1 aromatic heterocycles. The maximum absolute atomic E-state index is 12.1. The highest BCUT2D eigenvalue weighted by atomic mass is 16.3. The Kier molecular flexibility index (Phi) is 4.92. The Hall–Kier alpha value is -3.08. The number of nitrogens with one attached hydrogen (secondary N) is 2. The third-order valence-electron chi connectivity index (χ3n) is 4.87. The van der Waals surface area contributed by atoms with Gasteiger partial charge in [-0.05, 0) is 61.6 Å². The van der Waals surface area contributed by atoms with E-state index in [2.05, 4.69) is 27.8 Å². The number of aryl methyl sites for hydroxylation is 3. The maximum Gasteiger partial charge on any atom is 0.319 e. The van der Waals surface area contributed by atoms with E-state index >= 15 is 0 Å². The smallest absolute Gasteiger partial charge is 0.319 e. The van der Waals surface area contributed by atoms with Crippen LogP contribution in [0.5, 0.6) is 0 Å². The first kappa shape index (κ1) is 17.3. The Labute approximate surface area is 158 Å². The number of rotatable bonds is 5. The van der Waals surface area contributed by atoms with Crippen molar-refractivity contribution in [1.29, 1.82) is 0 Å². The summed E-state index contributed by atoms with van der Waals surface area (Å²) in [6.45, 7) is 2.54. The van der Waals surface area contributed by atoms with Gasteiger partial charge in [0.2, 0.25) is 5.89 Å². The lowest BCUT2D eigenvalue weighted by atomic mass is 10.1. The molecule has 0 bridgehead atoms. The molecule has 2 amide bonds. The number of amides is 2. The molecular formula is C22H23N3O2. The standard InChI is InChI=1S/C22H23N3O2/c1-15-5-7-17(8-6-15)21-24-20(14-27-21)11-12-23-22(26)25-19-10-9-16-3-2-4-18(16)13-19/h5-10,13-14H,2-4,11-12H2,1H3,(H2,23,25,26). The minimum atomic E-state index is -0.199. The first-order valence-corrected chi connectivity index (χ1v) is 9.35. The summed E-state index contributed by atoms with van der Waals surface area (Å²) in [4.78, 5) is 16.6. The second-order valence-electron chi connectivity index (χ2n) is 6.98. The zero-order valence-electron chi connectivity index (χ0n) is 15.4. The Morgan fingerprint density at radius 1 is 1.11 bits per heavy atom. The van der Waals surface area contributed by atoms with E-state index in [0.717, 1.165) is 29.8 Å². The van der Waals surface area contributed by atoms with Gasteiger partial charge in [0.25, 0.3) is 0 Å². The van der Waals surface area contributed by atoms with Crippen LogP contribution in [-0.2, 0) is 19.3 Å². The number of carbonyl (C=O) groups is 1. The minimum absolute atomic E-state index is 0.199. The molecule has 1 heterocycles. The predicted octanol–water partition coefficient (Wildman–Crippen LogP) is 4.50. The SMILES string of the molecule is Cc1ccc(-c2nc(CCNC(=O)Nc3ccc4c(c3)CCC4)co2)cc1. The first-order valence-electron chi connectivity index (χ1n) is 9.35. The van der Waals surface area contributed by atoms with Gasteiger partial charge in [0.15, 0.2) is 0 Å². The van der Waals surface area contributed by atoms with Gasteiger partial charge in [0.1, 0.15) is 6.26 Å². The summed E-state index contributed by atoms with van der Waals surface area (Å²) in [7, 11) is 0. The Morgan fingerprint density at radius 3 is 2.78 bits per heavy atom. The van der Waals surface area contributed by atoms with Gasteiger partial charge in [-0.2, -0.15) is 0 Å². The summed E-state index contributed by atoms with van der Waals surface area (Å²) in [6, 6.07) is 14.0. The van der Waals surface area contributed by atoms with Crippen molar-refractivity contribution in [1.82, 2.24) is 10.3 Å². The largest absolute Gasteiger partial charge is 0.444 e. The van der Waals surface area contributed by atoms with Gasteiger partial charge in [0.05, 0.1) is 5.69 Å². The fourth-order valence-electron chi connectivity index (χ4n) is 3.38. The zero-order valence-corrected chi connectivity index (χ0v) is 15.4. The molecule has 0 aliphatic heterocycles. The average Bonchev–Trinajstić information content (AvgIpc) is 3.31. The fraction of sp³-hybridized carbons (Fsp3) is 0.273. The summed E-state index contributed by atoms with van der Waals surface area (Å²) in [5, 5.41) is 5.77. The van der Waals surface area contributed by atoms with E-state index < -0.39 is 0 Å². The monoisotopic (exact) mass is 361 g/mol. The van der Waals surface area contributed by atoms with Crippen LogP contribution >= 0.6 is 0 Å². The van der Waals surface area contributed by atoms with Gasteiger partial charge in [0, 0.05) is 24.2 Å². The molecule has 0 fully saturated rings. The normalized spacial score (nSPS) is 12.6. The molecule has 1 aliphatic rings. The van der Waals surface area contributed by atoms with Crippen molar-refractivity contribution in [2.75, 3.05) is 11.9 Å². The molecule has 5 heteroatoms. The second kappa shape index (κ2) is 7.66. The molecule has 0 unspecified atom stereocenters. The number of anilines is 1. The van der Waals surface area contributed by atoms with E-state index in [1.807, 2.05) is 37.3 Å². The van der Waals surface area contributed by atoms with Crippen molar-refractivity contribution in [2.45, 2.75) is 32.6 Å². The molecule has 0 spiro atoms. The topological polar surface area (TPSA) is 67.2 Å². The number of hydrogen-bond acceptors (Lipinski definition) is 3. The van der Waals surface area contributed by atoms with E-state index in [1.165, 1.54) is 23.1 Å². The maximum atomic E-state index is 12.1. The highest BCUT2D eigenvalue weighted by Crippen LogP contribution is 2.24. The molecule has 3 aromatic rings. The molecule has 2 N–H and O–H groups in total. The van der Waals surface area contributed by atoms with Crippen molar-refractivity contribution in [3.63, 3.8) is 0 Å².